The van der Waals surface area contributed by atoms with Crippen molar-refractivity contribution in [2.45, 2.75) is 6.04 Å². The van der Waals surface area contributed by atoms with Crippen molar-refractivity contribution < 1.29 is 4.74 Å². The van der Waals surface area contributed by atoms with Gasteiger partial charge in [-0.3, -0.25) is 0 Å². The highest BCUT2D eigenvalue weighted by atomic mass is 35.5. The Morgan fingerprint density at radius 2 is 1.92 bits per heavy atom. The van der Waals surface area contributed by atoms with Gasteiger partial charge in [0.1, 0.15) is 0 Å². The molecule has 68 valence electrons. The van der Waals surface area contributed by atoms with Gasteiger partial charge in [0, 0.05) is 7.11 Å². The monoisotopic (exact) mass is 187 g/mol. The number of benzene rings is 1. The van der Waals surface area contributed by atoms with E-state index in [0.29, 0.717) is 6.61 Å². The lowest BCUT2D eigenvalue weighted by molar-refractivity contribution is 0.181. The van der Waals surface area contributed by atoms with Gasteiger partial charge in [-0.1, -0.05) is 30.3 Å². The van der Waals surface area contributed by atoms with Crippen LogP contribution in [0.25, 0.3) is 0 Å². The normalized spacial score (nSPS) is 11.8. The van der Waals surface area contributed by atoms with Gasteiger partial charge in [0.25, 0.3) is 0 Å². The van der Waals surface area contributed by atoms with Gasteiger partial charge in [-0.25, -0.2) is 0 Å². The molecule has 0 aromatic heterocycles. The van der Waals surface area contributed by atoms with E-state index >= 15 is 0 Å². The largest absolute Gasteiger partial charge is 0.383 e. The van der Waals surface area contributed by atoms with Crippen molar-refractivity contribution in [2.75, 3.05) is 13.7 Å². The molecule has 0 aliphatic carbocycles. The van der Waals surface area contributed by atoms with E-state index < -0.39 is 0 Å². The van der Waals surface area contributed by atoms with Gasteiger partial charge in [0.2, 0.25) is 0 Å². The summed E-state index contributed by atoms with van der Waals surface area (Å²) >= 11 is 0. The number of nitrogens with two attached hydrogens (primary N) is 1. The maximum Gasteiger partial charge on any atom is 0.0655 e. The number of rotatable bonds is 3. The summed E-state index contributed by atoms with van der Waals surface area (Å²) in [4.78, 5) is 0. The van der Waals surface area contributed by atoms with Gasteiger partial charge in [-0.05, 0) is 5.56 Å². The third kappa shape index (κ3) is 3.22. The number of halogens is 1. The fourth-order valence-electron chi connectivity index (χ4n) is 0.976. The van der Waals surface area contributed by atoms with Crippen molar-refractivity contribution in [1.82, 2.24) is 0 Å². The van der Waals surface area contributed by atoms with E-state index in [2.05, 4.69) is 0 Å². The predicted molar refractivity (Wildman–Crippen MR) is 52.5 cm³/mol. The maximum absolute atomic E-state index is 5.78. The van der Waals surface area contributed by atoms with Crippen LogP contribution in [-0.4, -0.2) is 13.7 Å². The average molecular weight is 188 g/mol. The number of ether oxygens (including phenoxy) is 1. The molecule has 0 saturated carbocycles. The van der Waals surface area contributed by atoms with E-state index in [1.165, 1.54) is 0 Å². The molecule has 2 nitrogen and oxygen atoms in total. The summed E-state index contributed by atoms with van der Waals surface area (Å²) in [6.45, 7) is 0.573. The molecule has 1 aromatic rings. The molecule has 0 saturated heterocycles. The van der Waals surface area contributed by atoms with Crippen LogP contribution in [0.4, 0.5) is 0 Å². The number of methoxy groups -OCH3 is 1. The Morgan fingerprint density at radius 3 is 2.42 bits per heavy atom. The molecule has 0 aliphatic heterocycles. The van der Waals surface area contributed by atoms with Crippen LogP contribution >= 0.6 is 12.4 Å². The minimum Gasteiger partial charge on any atom is -0.383 e. The van der Waals surface area contributed by atoms with Crippen molar-refractivity contribution in [3.63, 3.8) is 0 Å². The Morgan fingerprint density at radius 1 is 1.33 bits per heavy atom. The van der Waals surface area contributed by atoms with Crippen LogP contribution in [0, 0.1) is 0 Å². The SMILES string of the molecule is COC[C@@H](N)c1ccccc1.Cl. The molecule has 0 amide bonds. The van der Waals surface area contributed by atoms with E-state index in [-0.39, 0.29) is 18.4 Å². The molecule has 1 aromatic carbocycles. The zero-order chi connectivity index (χ0) is 8.10. The molecule has 2 N–H and O–H groups in total. The van der Waals surface area contributed by atoms with Crippen LogP contribution in [0.1, 0.15) is 11.6 Å². The van der Waals surface area contributed by atoms with Crippen molar-refractivity contribution in [1.29, 1.82) is 0 Å². The van der Waals surface area contributed by atoms with Gasteiger partial charge >= 0.3 is 0 Å². The molecule has 0 spiro atoms. The standard InChI is InChI=1S/C9H13NO.ClH/c1-11-7-9(10)8-5-3-2-4-6-8;/h2-6,9H,7,10H2,1H3;1H/t9-;/m1./s1. The Kier molecular flexibility index (Phi) is 5.72. The van der Waals surface area contributed by atoms with Gasteiger partial charge in [0.15, 0.2) is 0 Å². The molecule has 0 aliphatic rings. The summed E-state index contributed by atoms with van der Waals surface area (Å²) in [5.41, 5.74) is 6.90. The van der Waals surface area contributed by atoms with Gasteiger partial charge in [-0.15, -0.1) is 12.4 Å². The van der Waals surface area contributed by atoms with Crippen LogP contribution in [0.5, 0.6) is 0 Å². The number of hydrogen-bond donors (Lipinski definition) is 1. The van der Waals surface area contributed by atoms with E-state index in [9.17, 15) is 0 Å². The Hall–Kier alpha value is -0.570. The molecular formula is C9H14ClNO. The molecule has 0 bridgehead atoms. The molecule has 1 rings (SSSR count). The first kappa shape index (κ1) is 11.4. The second kappa shape index (κ2) is 6.00. The summed E-state index contributed by atoms with van der Waals surface area (Å²) in [6, 6.07) is 9.94. The van der Waals surface area contributed by atoms with Crippen LogP contribution in [0.3, 0.4) is 0 Å². The van der Waals surface area contributed by atoms with Crippen LogP contribution in [-0.2, 0) is 4.74 Å². The Bertz CT molecular complexity index is 203. The smallest absolute Gasteiger partial charge is 0.0655 e. The summed E-state index contributed by atoms with van der Waals surface area (Å²) in [5, 5.41) is 0. The van der Waals surface area contributed by atoms with E-state index in [0.717, 1.165) is 5.56 Å². The molecule has 0 fully saturated rings. The lowest BCUT2D eigenvalue weighted by Gasteiger charge is -2.09. The second-order valence-electron chi connectivity index (χ2n) is 2.47. The second-order valence-corrected chi connectivity index (χ2v) is 2.47. The first-order chi connectivity index (χ1) is 5.34. The highest BCUT2D eigenvalue weighted by molar-refractivity contribution is 5.85. The quantitative estimate of drug-likeness (QED) is 0.783. The van der Waals surface area contributed by atoms with Crippen molar-refractivity contribution in [3.8, 4) is 0 Å². The van der Waals surface area contributed by atoms with Crippen LogP contribution < -0.4 is 5.73 Å². The fourth-order valence-corrected chi connectivity index (χ4v) is 0.976. The van der Waals surface area contributed by atoms with E-state index in [1.54, 1.807) is 7.11 Å². The third-order valence-electron chi connectivity index (χ3n) is 1.57. The first-order valence-corrected chi connectivity index (χ1v) is 3.64. The van der Waals surface area contributed by atoms with Crippen LogP contribution in [0.2, 0.25) is 0 Å². The highest BCUT2D eigenvalue weighted by Gasteiger charge is 2.02. The minimum atomic E-state index is 0. The van der Waals surface area contributed by atoms with Gasteiger partial charge in [-0.2, -0.15) is 0 Å². The summed E-state index contributed by atoms with van der Waals surface area (Å²) in [5.74, 6) is 0. The summed E-state index contributed by atoms with van der Waals surface area (Å²) in [6.07, 6.45) is 0. The first-order valence-electron chi connectivity index (χ1n) is 3.64. The van der Waals surface area contributed by atoms with E-state index in [1.807, 2.05) is 30.3 Å². The zero-order valence-electron chi connectivity index (χ0n) is 7.07. The summed E-state index contributed by atoms with van der Waals surface area (Å²) < 4.78 is 4.93. The summed E-state index contributed by atoms with van der Waals surface area (Å²) in [7, 11) is 1.66. The Balaban J connectivity index is 0.00000121. The maximum atomic E-state index is 5.78. The molecule has 3 heteroatoms. The lowest BCUT2D eigenvalue weighted by atomic mass is 10.1. The average Bonchev–Trinajstić information content (AvgIpc) is 2.07. The topological polar surface area (TPSA) is 35.2 Å². The fraction of sp³-hybridized carbons (Fsp3) is 0.333. The van der Waals surface area contributed by atoms with E-state index in [4.69, 9.17) is 10.5 Å². The zero-order valence-corrected chi connectivity index (χ0v) is 7.88. The lowest BCUT2D eigenvalue weighted by Crippen LogP contribution is -2.15. The van der Waals surface area contributed by atoms with Gasteiger partial charge in [0.05, 0.1) is 12.6 Å². The molecule has 12 heavy (non-hydrogen) atoms. The molecular weight excluding hydrogens is 174 g/mol. The number of hydrogen-bond acceptors (Lipinski definition) is 2. The molecule has 0 heterocycles. The minimum absolute atomic E-state index is 0. The third-order valence-corrected chi connectivity index (χ3v) is 1.57. The van der Waals surface area contributed by atoms with Crippen molar-refractivity contribution in [3.05, 3.63) is 35.9 Å². The molecule has 0 radical (unpaired) electrons. The van der Waals surface area contributed by atoms with Crippen LogP contribution in [0.15, 0.2) is 30.3 Å². The van der Waals surface area contributed by atoms with Crippen molar-refractivity contribution in [2.24, 2.45) is 5.73 Å². The van der Waals surface area contributed by atoms with Crippen molar-refractivity contribution >= 4 is 12.4 Å². The van der Waals surface area contributed by atoms with Gasteiger partial charge < -0.3 is 10.5 Å². The Labute approximate surface area is 79.1 Å². The molecule has 0 unspecified atom stereocenters. The highest BCUT2D eigenvalue weighted by Crippen LogP contribution is 2.08. The molecule has 1 atom stereocenters. The predicted octanol–water partition coefficient (Wildman–Crippen LogP) is 1.75.